The van der Waals surface area contributed by atoms with Gasteiger partial charge >= 0.3 is 0 Å². The van der Waals surface area contributed by atoms with Gasteiger partial charge < -0.3 is 9.88 Å². The van der Waals surface area contributed by atoms with E-state index in [4.69, 9.17) is 0 Å². The van der Waals surface area contributed by atoms with Crippen molar-refractivity contribution >= 4 is 11.3 Å². The molecule has 6 heteroatoms. The Hall–Kier alpha value is -1.27. The van der Waals surface area contributed by atoms with Crippen LogP contribution in [0.1, 0.15) is 37.3 Å². The second-order valence-electron chi connectivity index (χ2n) is 5.68. The molecule has 5 nitrogen and oxygen atoms in total. The van der Waals surface area contributed by atoms with Crippen molar-refractivity contribution in [1.82, 2.24) is 25.1 Å². The lowest BCUT2D eigenvalue weighted by Crippen LogP contribution is -2.19. The van der Waals surface area contributed by atoms with E-state index in [9.17, 15) is 0 Å². The highest BCUT2D eigenvalue weighted by Gasteiger charge is 2.17. The first-order valence-electron chi connectivity index (χ1n) is 6.45. The quantitative estimate of drug-likeness (QED) is 0.849. The molecular formula is C13H21N5S. The van der Waals surface area contributed by atoms with Crippen LogP contribution in [0.25, 0.3) is 0 Å². The van der Waals surface area contributed by atoms with Gasteiger partial charge in [-0.15, -0.1) is 21.5 Å². The molecule has 0 spiro atoms. The Labute approximate surface area is 118 Å². The minimum Gasteiger partial charge on any atom is -0.321 e. The third-order valence-electron chi connectivity index (χ3n) is 2.83. The topological polar surface area (TPSA) is 55.6 Å². The SMILES string of the molecule is Cn1cnnc1CCNCc1csc(C(C)(C)C)n1. The first-order valence-corrected chi connectivity index (χ1v) is 7.33. The van der Waals surface area contributed by atoms with Crippen LogP contribution in [0.5, 0.6) is 0 Å². The summed E-state index contributed by atoms with van der Waals surface area (Å²) >= 11 is 1.74. The lowest BCUT2D eigenvalue weighted by atomic mass is 9.98. The summed E-state index contributed by atoms with van der Waals surface area (Å²) in [5.74, 6) is 1.00. The van der Waals surface area contributed by atoms with Crippen molar-refractivity contribution in [3.8, 4) is 0 Å². The molecule has 2 heterocycles. The van der Waals surface area contributed by atoms with E-state index >= 15 is 0 Å². The lowest BCUT2D eigenvalue weighted by molar-refractivity contribution is 0.578. The van der Waals surface area contributed by atoms with Crippen molar-refractivity contribution in [2.24, 2.45) is 7.05 Å². The van der Waals surface area contributed by atoms with Crippen molar-refractivity contribution in [3.63, 3.8) is 0 Å². The van der Waals surface area contributed by atoms with Gasteiger partial charge in [0.2, 0.25) is 0 Å². The summed E-state index contributed by atoms with van der Waals surface area (Å²) in [6.45, 7) is 8.27. The summed E-state index contributed by atoms with van der Waals surface area (Å²) in [6.07, 6.45) is 2.61. The van der Waals surface area contributed by atoms with E-state index in [1.54, 1.807) is 17.7 Å². The van der Waals surface area contributed by atoms with Gasteiger partial charge in [0.15, 0.2) is 0 Å². The van der Waals surface area contributed by atoms with Gasteiger partial charge in [0.1, 0.15) is 12.2 Å². The molecule has 0 atom stereocenters. The lowest BCUT2D eigenvalue weighted by Gasteiger charge is -2.13. The van der Waals surface area contributed by atoms with Crippen LogP contribution in [0.3, 0.4) is 0 Å². The van der Waals surface area contributed by atoms with Gasteiger partial charge in [-0.25, -0.2) is 4.98 Å². The molecule has 0 aliphatic rings. The number of thiazole rings is 1. The predicted molar refractivity (Wildman–Crippen MR) is 77.2 cm³/mol. The van der Waals surface area contributed by atoms with Crippen LogP contribution in [0.4, 0.5) is 0 Å². The Morgan fingerprint density at radius 1 is 1.37 bits per heavy atom. The summed E-state index contributed by atoms with van der Waals surface area (Å²) < 4.78 is 1.95. The summed E-state index contributed by atoms with van der Waals surface area (Å²) in [6, 6.07) is 0. The Balaban J connectivity index is 1.77. The monoisotopic (exact) mass is 279 g/mol. The highest BCUT2D eigenvalue weighted by molar-refractivity contribution is 7.09. The van der Waals surface area contributed by atoms with Crippen molar-refractivity contribution in [3.05, 3.63) is 28.2 Å². The molecule has 0 radical (unpaired) electrons. The van der Waals surface area contributed by atoms with Crippen LogP contribution >= 0.6 is 11.3 Å². The average molecular weight is 279 g/mol. The van der Waals surface area contributed by atoms with E-state index in [-0.39, 0.29) is 5.41 Å². The number of rotatable bonds is 5. The molecule has 0 unspecified atom stereocenters. The van der Waals surface area contributed by atoms with Crippen LogP contribution in [-0.4, -0.2) is 26.3 Å². The van der Waals surface area contributed by atoms with Crippen LogP contribution in [0, 0.1) is 0 Å². The minimum atomic E-state index is 0.140. The average Bonchev–Trinajstić information content (AvgIpc) is 2.93. The molecule has 0 aliphatic carbocycles. The molecule has 0 fully saturated rings. The van der Waals surface area contributed by atoms with E-state index < -0.39 is 0 Å². The zero-order valence-corrected chi connectivity index (χ0v) is 12.8. The first kappa shape index (κ1) is 14.1. The number of aromatic nitrogens is 4. The number of hydrogen-bond donors (Lipinski definition) is 1. The Morgan fingerprint density at radius 3 is 2.74 bits per heavy atom. The molecule has 2 rings (SSSR count). The number of nitrogens with zero attached hydrogens (tertiary/aromatic N) is 4. The van der Waals surface area contributed by atoms with Gasteiger partial charge in [-0.2, -0.15) is 0 Å². The predicted octanol–water partition coefficient (Wildman–Crippen LogP) is 1.90. The largest absolute Gasteiger partial charge is 0.321 e. The van der Waals surface area contributed by atoms with Gasteiger partial charge in [0.05, 0.1) is 10.7 Å². The molecule has 0 amide bonds. The molecular weight excluding hydrogens is 258 g/mol. The summed E-state index contributed by atoms with van der Waals surface area (Å²) in [5.41, 5.74) is 1.26. The second-order valence-corrected chi connectivity index (χ2v) is 6.54. The standard InChI is InChI=1S/C13H21N5S/c1-13(2,3)12-16-10(8-19-12)7-14-6-5-11-17-15-9-18(11)4/h8-9,14H,5-7H2,1-4H3. The van der Waals surface area contributed by atoms with Crippen molar-refractivity contribution in [2.75, 3.05) is 6.54 Å². The molecule has 104 valence electrons. The first-order chi connectivity index (χ1) is 8.97. The number of hydrogen-bond acceptors (Lipinski definition) is 5. The molecule has 1 N–H and O–H groups in total. The number of nitrogens with one attached hydrogen (secondary N) is 1. The van der Waals surface area contributed by atoms with Gasteiger partial charge in [0.25, 0.3) is 0 Å². The van der Waals surface area contributed by atoms with E-state index in [0.717, 1.165) is 31.0 Å². The third kappa shape index (κ3) is 3.84. The Kier molecular flexibility index (Phi) is 4.31. The van der Waals surface area contributed by atoms with Crippen LogP contribution in [0.15, 0.2) is 11.7 Å². The van der Waals surface area contributed by atoms with E-state index in [2.05, 4.69) is 46.6 Å². The maximum absolute atomic E-state index is 4.66. The maximum Gasteiger partial charge on any atom is 0.133 e. The molecule has 0 saturated heterocycles. The summed E-state index contributed by atoms with van der Waals surface area (Å²) in [4.78, 5) is 4.66. The van der Waals surface area contributed by atoms with Gasteiger partial charge in [-0.1, -0.05) is 20.8 Å². The van der Waals surface area contributed by atoms with Crippen LogP contribution in [-0.2, 0) is 25.4 Å². The molecule has 0 saturated carbocycles. The summed E-state index contributed by atoms with van der Waals surface area (Å²) in [7, 11) is 1.96. The van der Waals surface area contributed by atoms with E-state index in [1.807, 2.05) is 11.6 Å². The zero-order chi connectivity index (χ0) is 13.9. The molecule has 2 aromatic rings. The molecule has 0 bridgehead atoms. The van der Waals surface area contributed by atoms with E-state index in [1.165, 1.54) is 5.01 Å². The fourth-order valence-electron chi connectivity index (χ4n) is 1.68. The Morgan fingerprint density at radius 2 is 2.16 bits per heavy atom. The van der Waals surface area contributed by atoms with Gasteiger partial charge in [0, 0.05) is 37.4 Å². The highest BCUT2D eigenvalue weighted by atomic mass is 32.1. The fourth-order valence-corrected chi connectivity index (χ4v) is 2.59. The fraction of sp³-hybridized carbons (Fsp3) is 0.615. The second kappa shape index (κ2) is 5.79. The maximum atomic E-state index is 4.66. The van der Waals surface area contributed by atoms with Crippen LogP contribution < -0.4 is 5.32 Å². The zero-order valence-electron chi connectivity index (χ0n) is 12.0. The molecule has 19 heavy (non-hydrogen) atoms. The normalized spacial score (nSPS) is 12.0. The van der Waals surface area contributed by atoms with E-state index in [0.29, 0.717) is 0 Å². The van der Waals surface area contributed by atoms with Gasteiger partial charge in [-0.05, 0) is 0 Å². The van der Waals surface area contributed by atoms with Gasteiger partial charge in [-0.3, -0.25) is 0 Å². The van der Waals surface area contributed by atoms with Crippen LogP contribution in [0.2, 0.25) is 0 Å². The highest BCUT2D eigenvalue weighted by Crippen LogP contribution is 2.25. The summed E-state index contributed by atoms with van der Waals surface area (Å²) in [5, 5.41) is 14.6. The Bertz CT molecular complexity index is 523. The van der Waals surface area contributed by atoms with Crippen molar-refractivity contribution in [1.29, 1.82) is 0 Å². The molecule has 0 aliphatic heterocycles. The molecule has 0 aromatic carbocycles. The third-order valence-corrected chi connectivity index (χ3v) is 4.15. The molecule has 2 aromatic heterocycles. The number of aryl methyl sites for hydroxylation is 1. The van der Waals surface area contributed by atoms with Crippen molar-refractivity contribution in [2.45, 2.75) is 39.2 Å². The smallest absolute Gasteiger partial charge is 0.133 e. The minimum absolute atomic E-state index is 0.140. The van der Waals surface area contributed by atoms with Crippen molar-refractivity contribution < 1.29 is 0 Å².